The lowest BCUT2D eigenvalue weighted by Gasteiger charge is -2.13. The highest BCUT2D eigenvalue weighted by Crippen LogP contribution is 2.19. The second-order valence-electron chi connectivity index (χ2n) is 6.14. The molecule has 0 saturated heterocycles. The van der Waals surface area contributed by atoms with Crippen LogP contribution in [0.2, 0.25) is 0 Å². The number of unbranched alkanes of at least 4 members (excludes halogenated alkanes) is 2. The van der Waals surface area contributed by atoms with Crippen LogP contribution in [-0.2, 0) is 16.0 Å². The summed E-state index contributed by atoms with van der Waals surface area (Å²) in [5.74, 6) is 1.60. The summed E-state index contributed by atoms with van der Waals surface area (Å²) in [5.41, 5.74) is 2.42. The predicted octanol–water partition coefficient (Wildman–Crippen LogP) is 3.45. The Labute approximate surface area is 180 Å². The van der Waals surface area contributed by atoms with E-state index in [0.717, 1.165) is 57.0 Å². The van der Waals surface area contributed by atoms with E-state index in [0.29, 0.717) is 6.42 Å². The number of nitrogens with one attached hydrogen (secondary N) is 2. The largest absolute Gasteiger partial charge is 0.496 e. The van der Waals surface area contributed by atoms with Crippen LogP contribution in [0.3, 0.4) is 0 Å². The van der Waals surface area contributed by atoms with Gasteiger partial charge in [0.25, 0.3) is 0 Å². The van der Waals surface area contributed by atoms with Gasteiger partial charge in [-0.2, -0.15) is 0 Å². The Kier molecular flexibility index (Phi) is 14.7. The smallest absolute Gasteiger partial charge is 0.305 e. The number of hydrogen-bond donors (Lipinski definition) is 2. The molecule has 2 N–H and O–H groups in total. The molecule has 1 aromatic carbocycles. The second kappa shape index (κ2) is 15.5. The molecule has 0 amide bonds. The molecule has 0 aromatic heterocycles. The molecule has 0 aliphatic rings. The zero-order chi connectivity index (χ0) is 19.2. The molecule has 0 fully saturated rings. The van der Waals surface area contributed by atoms with Crippen LogP contribution >= 0.6 is 24.0 Å². The maximum Gasteiger partial charge on any atom is 0.305 e. The van der Waals surface area contributed by atoms with Crippen LogP contribution in [0.4, 0.5) is 0 Å². The van der Waals surface area contributed by atoms with E-state index in [9.17, 15) is 4.79 Å². The maximum absolute atomic E-state index is 11.1. The number of guanidine groups is 1. The van der Waals surface area contributed by atoms with E-state index in [1.54, 1.807) is 7.11 Å². The monoisotopic (exact) mass is 491 g/mol. The average molecular weight is 491 g/mol. The molecule has 1 rings (SSSR count). The van der Waals surface area contributed by atoms with Gasteiger partial charge in [-0.15, -0.1) is 24.0 Å². The number of benzene rings is 1. The van der Waals surface area contributed by atoms with Crippen LogP contribution < -0.4 is 15.4 Å². The van der Waals surface area contributed by atoms with E-state index < -0.39 is 0 Å². The van der Waals surface area contributed by atoms with Crippen LogP contribution in [0.5, 0.6) is 5.75 Å². The Balaban J connectivity index is 0.00000676. The quantitative estimate of drug-likeness (QED) is 0.163. The van der Waals surface area contributed by atoms with Crippen molar-refractivity contribution >= 4 is 35.9 Å². The van der Waals surface area contributed by atoms with Gasteiger partial charge < -0.3 is 20.1 Å². The number of carbonyl (C=O) groups is 1. The number of aryl methyl sites for hydroxylation is 1. The molecule has 0 radical (unpaired) electrons. The molecule has 0 heterocycles. The summed E-state index contributed by atoms with van der Waals surface area (Å²) in [7, 11) is 3.13. The lowest BCUT2D eigenvalue weighted by atomic mass is 10.1. The summed E-state index contributed by atoms with van der Waals surface area (Å²) in [6, 6.07) is 6.23. The van der Waals surface area contributed by atoms with Gasteiger partial charge in [0.15, 0.2) is 5.96 Å². The van der Waals surface area contributed by atoms with Crippen molar-refractivity contribution in [3.8, 4) is 5.75 Å². The Morgan fingerprint density at radius 3 is 2.59 bits per heavy atom. The van der Waals surface area contributed by atoms with Gasteiger partial charge in [-0.1, -0.05) is 24.1 Å². The minimum atomic E-state index is -0.143. The molecule has 6 nitrogen and oxygen atoms in total. The topological polar surface area (TPSA) is 72.0 Å². The standard InChI is InChI=1S/C20H33N3O3.HI/c1-5-21-20(22-13-8-6-7-9-19(24)26-4)23-14-12-17-15-16(2)10-11-18(17)25-3;/h10-11,15H,5-9,12-14H2,1-4H3,(H2,21,22,23);1H. The van der Waals surface area contributed by atoms with Gasteiger partial charge in [0.2, 0.25) is 0 Å². The number of aliphatic imine (C=N–C) groups is 1. The van der Waals surface area contributed by atoms with Crippen LogP contribution in [0.1, 0.15) is 43.7 Å². The molecular weight excluding hydrogens is 457 g/mol. The molecule has 1 aromatic rings. The lowest BCUT2D eigenvalue weighted by molar-refractivity contribution is -0.140. The molecule has 0 unspecified atom stereocenters. The van der Waals surface area contributed by atoms with Crippen molar-refractivity contribution in [3.63, 3.8) is 0 Å². The first-order valence-electron chi connectivity index (χ1n) is 9.33. The number of halogens is 1. The summed E-state index contributed by atoms with van der Waals surface area (Å²) in [6.45, 7) is 6.49. The minimum absolute atomic E-state index is 0. The number of nitrogens with zero attached hydrogens (tertiary/aromatic N) is 1. The molecule has 27 heavy (non-hydrogen) atoms. The average Bonchev–Trinajstić information content (AvgIpc) is 2.64. The maximum atomic E-state index is 11.1. The highest BCUT2D eigenvalue weighted by Gasteiger charge is 2.04. The third-order valence-corrected chi connectivity index (χ3v) is 4.00. The number of ether oxygens (including phenoxy) is 2. The number of rotatable bonds is 11. The van der Waals surface area contributed by atoms with E-state index in [-0.39, 0.29) is 29.9 Å². The molecule has 154 valence electrons. The molecule has 7 heteroatoms. The normalized spacial score (nSPS) is 10.7. The first kappa shape index (κ1) is 25.5. The molecule has 0 saturated carbocycles. The van der Waals surface area contributed by atoms with Gasteiger partial charge in [0, 0.05) is 26.1 Å². The summed E-state index contributed by atoms with van der Waals surface area (Å²) in [5, 5.41) is 6.63. The third kappa shape index (κ3) is 11.0. The molecule has 0 aliphatic heterocycles. The fraction of sp³-hybridized carbons (Fsp3) is 0.600. The van der Waals surface area contributed by atoms with E-state index in [4.69, 9.17) is 4.74 Å². The fourth-order valence-corrected chi connectivity index (χ4v) is 2.61. The highest BCUT2D eigenvalue weighted by molar-refractivity contribution is 14.0. The molecular formula is C20H34IN3O3. The Bertz CT molecular complexity index is 580. The number of methoxy groups -OCH3 is 2. The van der Waals surface area contributed by atoms with Gasteiger partial charge in [0.1, 0.15) is 5.75 Å². The van der Waals surface area contributed by atoms with E-state index >= 15 is 0 Å². The van der Waals surface area contributed by atoms with E-state index in [1.165, 1.54) is 18.2 Å². The Morgan fingerprint density at radius 1 is 1.15 bits per heavy atom. The van der Waals surface area contributed by atoms with Gasteiger partial charge in [-0.3, -0.25) is 9.79 Å². The zero-order valence-electron chi connectivity index (χ0n) is 17.0. The number of carbonyl (C=O) groups excluding carboxylic acids is 1. The molecule has 0 aliphatic carbocycles. The fourth-order valence-electron chi connectivity index (χ4n) is 2.61. The third-order valence-electron chi connectivity index (χ3n) is 4.00. The second-order valence-corrected chi connectivity index (χ2v) is 6.14. The van der Waals surface area contributed by atoms with Gasteiger partial charge in [-0.05, 0) is 44.7 Å². The van der Waals surface area contributed by atoms with Crippen molar-refractivity contribution in [2.45, 2.75) is 46.0 Å². The first-order chi connectivity index (χ1) is 12.6. The molecule has 0 bridgehead atoms. The van der Waals surface area contributed by atoms with Crippen molar-refractivity contribution in [2.75, 3.05) is 33.9 Å². The number of hydrogen-bond acceptors (Lipinski definition) is 4. The zero-order valence-corrected chi connectivity index (χ0v) is 19.3. The minimum Gasteiger partial charge on any atom is -0.496 e. The van der Waals surface area contributed by atoms with Crippen LogP contribution in [0.25, 0.3) is 0 Å². The van der Waals surface area contributed by atoms with Gasteiger partial charge >= 0.3 is 5.97 Å². The van der Waals surface area contributed by atoms with E-state index in [1.807, 2.05) is 6.07 Å². The van der Waals surface area contributed by atoms with Crippen LogP contribution in [0, 0.1) is 6.92 Å². The van der Waals surface area contributed by atoms with Crippen molar-refractivity contribution in [3.05, 3.63) is 29.3 Å². The van der Waals surface area contributed by atoms with Gasteiger partial charge in [-0.25, -0.2) is 0 Å². The summed E-state index contributed by atoms with van der Waals surface area (Å²) in [4.78, 5) is 15.6. The van der Waals surface area contributed by atoms with Gasteiger partial charge in [0.05, 0.1) is 14.2 Å². The number of esters is 1. The Hall–Kier alpha value is -1.51. The summed E-state index contributed by atoms with van der Waals surface area (Å²) < 4.78 is 10.1. The van der Waals surface area contributed by atoms with Crippen molar-refractivity contribution in [1.82, 2.24) is 10.6 Å². The lowest BCUT2D eigenvalue weighted by Crippen LogP contribution is -2.38. The predicted molar refractivity (Wildman–Crippen MR) is 121 cm³/mol. The summed E-state index contributed by atoms with van der Waals surface area (Å²) in [6.07, 6.45) is 4.13. The SMILES string of the molecule is CCNC(=NCCCCCC(=O)OC)NCCc1cc(C)ccc1OC.I. The van der Waals surface area contributed by atoms with Crippen LogP contribution in [-0.4, -0.2) is 45.8 Å². The Morgan fingerprint density at radius 2 is 1.93 bits per heavy atom. The first-order valence-corrected chi connectivity index (χ1v) is 9.33. The highest BCUT2D eigenvalue weighted by atomic mass is 127. The molecule has 0 atom stereocenters. The summed E-state index contributed by atoms with van der Waals surface area (Å²) >= 11 is 0. The van der Waals surface area contributed by atoms with Crippen molar-refractivity contribution in [1.29, 1.82) is 0 Å². The van der Waals surface area contributed by atoms with Crippen molar-refractivity contribution in [2.24, 2.45) is 4.99 Å². The van der Waals surface area contributed by atoms with Crippen molar-refractivity contribution < 1.29 is 14.3 Å². The molecule has 0 spiro atoms. The van der Waals surface area contributed by atoms with E-state index in [2.05, 4.69) is 46.3 Å². The van der Waals surface area contributed by atoms with Crippen LogP contribution in [0.15, 0.2) is 23.2 Å².